The van der Waals surface area contributed by atoms with E-state index < -0.39 is 0 Å². The van der Waals surface area contributed by atoms with Gasteiger partial charge in [0.05, 0.1) is 18.5 Å². The molecule has 0 amide bonds. The summed E-state index contributed by atoms with van der Waals surface area (Å²) in [5.74, 6) is 0.411. The molecule has 0 aliphatic carbocycles. The molecule has 0 N–H and O–H groups in total. The molecule has 160 valence electrons. The monoisotopic (exact) mass is 462 g/mol. The van der Waals surface area contributed by atoms with Gasteiger partial charge in [-0.2, -0.15) is 0 Å². The fraction of sp³-hybridized carbons (Fsp3) is 0.120. The van der Waals surface area contributed by atoms with E-state index in [1.165, 1.54) is 0 Å². The number of halogens is 2. The summed E-state index contributed by atoms with van der Waals surface area (Å²) in [6, 6.07) is 20.8. The van der Waals surface area contributed by atoms with Crippen LogP contribution in [-0.2, 0) is 6.42 Å². The van der Waals surface area contributed by atoms with Gasteiger partial charge in [-0.25, -0.2) is 9.97 Å². The van der Waals surface area contributed by atoms with Crippen LogP contribution >= 0.6 is 23.2 Å². The number of rotatable bonds is 7. The number of hydrogen-bond donors (Lipinski definition) is 0. The highest BCUT2D eigenvalue weighted by atomic mass is 35.5. The molecule has 4 rings (SSSR count). The van der Waals surface area contributed by atoms with Gasteiger partial charge in [-0.05, 0) is 36.4 Å². The number of benzene rings is 2. The van der Waals surface area contributed by atoms with Crippen LogP contribution in [-0.4, -0.2) is 34.8 Å². The van der Waals surface area contributed by atoms with Gasteiger partial charge in [0.2, 0.25) is 5.88 Å². The van der Waals surface area contributed by atoms with Crippen LogP contribution in [0, 0.1) is 0 Å². The van der Waals surface area contributed by atoms with Crippen LogP contribution in [0.25, 0.3) is 22.5 Å². The molecule has 0 aliphatic heterocycles. The van der Waals surface area contributed by atoms with E-state index in [9.17, 15) is 0 Å². The molecule has 0 spiro atoms. The van der Waals surface area contributed by atoms with Crippen LogP contribution in [0.4, 0.5) is 0 Å². The number of ether oxygens (including phenoxy) is 1. The third-order valence-electron chi connectivity index (χ3n) is 4.70. The largest absolute Gasteiger partial charge is 0.476 e. The van der Waals surface area contributed by atoms with Crippen LogP contribution in [0.15, 0.2) is 77.9 Å². The summed E-state index contributed by atoms with van der Waals surface area (Å²) in [6.45, 7) is 0.413. The summed E-state index contributed by atoms with van der Waals surface area (Å²) in [7, 11) is 1.69. The van der Waals surface area contributed by atoms with Crippen molar-refractivity contribution in [2.45, 2.75) is 6.42 Å². The van der Waals surface area contributed by atoms with E-state index >= 15 is 0 Å². The van der Waals surface area contributed by atoms with Crippen LogP contribution in [0.3, 0.4) is 0 Å². The molecule has 0 saturated carbocycles. The van der Waals surface area contributed by atoms with Gasteiger partial charge in [0.25, 0.3) is 0 Å². The predicted molar refractivity (Wildman–Crippen MR) is 130 cm³/mol. The molecular formula is C25H20Cl2N4O. The highest BCUT2D eigenvalue weighted by Gasteiger charge is 2.17. The van der Waals surface area contributed by atoms with Crippen molar-refractivity contribution < 1.29 is 4.74 Å². The van der Waals surface area contributed by atoms with E-state index in [0.717, 1.165) is 16.8 Å². The maximum absolute atomic E-state index is 6.10. The Morgan fingerprint density at radius 1 is 0.844 bits per heavy atom. The molecule has 0 radical (unpaired) electrons. The zero-order valence-electron chi connectivity index (χ0n) is 17.4. The van der Waals surface area contributed by atoms with Gasteiger partial charge < -0.3 is 4.74 Å². The van der Waals surface area contributed by atoms with Gasteiger partial charge in [-0.1, -0.05) is 53.5 Å². The maximum atomic E-state index is 6.10. The van der Waals surface area contributed by atoms with Crippen LogP contribution in [0.2, 0.25) is 10.0 Å². The molecule has 2 aromatic heterocycles. The van der Waals surface area contributed by atoms with Crippen LogP contribution in [0.1, 0.15) is 11.4 Å². The molecule has 5 nitrogen and oxygen atoms in total. The lowest BCUT2D eigenvalue weighted by Crippen LogP contribution is -2.09. The minimum atomic E-state index is 0.411. The first-order valence-corrected chi connectivity index (χ1v) is 10.8. The van der Waals surface area contributed by atoms with Crippen molar-refractivity contribution in [3.63, 3.8) is 0 Å². The Hall–Kier alpha value is -3.28. The molecule has 2 aromatic carbocycles. The second-order valence-corrected chi connectivity index (χ2v) is 7.80. The number of nitrogens with zero attached hydrogens (tertiary/aromatic N) is 4. The van der Waals surface area contributed by atoms with Crippen molar-refractivity contribution in [3.8, 4) is 28.4 Å². The molecule has 0 aliphatic rings. The lowest BCUT2D eigenvalue weighted by molar-refractivity contribution is 0.307. The Morgan fingerprint density at radius 3 is 2.03 bits per heavy atom. The van der Waals surface area contributed by atoms with Crippen molar-refractivity contribution in [1.82, 2.24) is 15.0 Å². The SMILES string of the molecule is CN=Cc1nc(-c2ccc(Cl)cc2)c(-c2ccc(Cl)cc2)nc1OCCc1ccccn1. The number of hydrogen-bond acceptors (Lipinski definition) is 5. The minimum absolute atomic E-state index is 0.411. The summed E-state index contributed by atoms with van der Waals surface area (Å²) in [4.78, 5) is 18.2. The third kappa shape index (κ3) is 5.31. The van der Waals surface area contributed by atoms with Gasteiger partial charge in [0.1, 0.15) is 11.4 Å². The zero-order valence-corrected chi connectivity index (χ0v) is 18.9. The Balaban J connectivity index is 1.76. The van der Waals surface area contributed by atoms with Gasteiger partial charge in [0, 0.05) is 46.5 Å². The van der Waals surface area contributed by atoms with Crippen LogP contribution < -0.4 is 4.74 Å². The molecule has 0 unspecified atom stereocenters. The Kier molecular flexibility index (Phi) is 7.10. The number of aromatic nitrogens is 3. The average Bonchev–Trinajstić information content (AvgIpc) is 2.82. The summed E-state index contributed by atoms with van der Waals surface area (Å²) in [6.07, 6.45) is 4.07. The zero-order chi connectivity index (χ0) is 22.3. The van der Waals surface area contributed by atoms with E-state index in [0.29, 0.717) is 46.0 Å². The van der Waals surface area contributed by atoms with Crippen molar-refractivity contribution in [2.24, 2.45) is 4.99 Å². The van der Waals surface area contributed by atoms with E-state index in [1.807, 2.05) is 66.7 Å². The molecule has 7 heteroatoms. The average molecular weight is 463 g/mol. The topological polar surface area (TPSA) is 60.3 Å². The van der Waals surface area contributed by atoms with E-state index in [1.54, 1.807) is 19.5 Å². The van der Waals surface area contributed by atoms with Gasteiger partial charge in [0.15, 0.2) is 0 Å². The summed E-state index contributed by atoms with van der Waals surface area (Å²) in [5, 5.41) is 1.30. The summed E-state index contributed by atoms with van der Waals surface area (Å²) >= 11 is 12.2. The highest BCUT2D eigenvalue weighted by molar-refractivity contribution is 6.31. The first-order valence-electron chi connectivity index (χ1n) is 10.0. The molecule has 4 aromatic rings. The molecule has 32 heavy (non-hydrogen) atoms. The standard InChI is InChI=1S/C25H20Cl2N4O/c1-28-16-22-25(32-15-13-21-4-2-3-14-29-21)31-24(18-7-11-20(27)12-8-18)23(30-22)17-5-9-19(26)10-6-17/h2-12,14,16H,13,15H2,1H3. The number of aliphatic imine (C=N–C) groups is 1. The fourth-order valence-electron chi connectivity index (χ4n) is 3.16. The summed E-state index contributed by atoms with van der Waals surface area (Å²) < 4.78 is 6.04. The van der Waals surface area contributed by atoms with Crippen molar-refractivity contribution in [3.05, 3.63) is 94.4 Å². The van der Waals surface area contributed by atoms with Crippen molar-refractivity contribution >= 4 is 29.4 Å². The second-order valence-electron chi connectivity index (χ2n) is 6.93. The quantitative estimate of drug-likeness (QED) is 0.307. The lowest BCUT2D eigenvalue weighted by atomic mass is 10.0. The van der Waals surface area contributed by atoms with E-state index in [2.05, 4.69) is 9.98 Å². The first kappa shape index (κ1) is 21.9. The molecular weight excluding hydrogens is 443 g/mol. The molecule has 0 bridgehead atoms. The van der Waals surface area contributed by atoms with Crippen LogP contribution in [0.5, 0.6) is 5.88 Å². The Labute approximate surface area is 196 Å². The van der Waals surface area contributed by atoms with E-state index in [-0.39, 0.29) is 0 Å². The summed E-state index contributed by atoms with van der Waals surface area (Å²) in [5.41, 5.74) is 4.65. The lowest BCUT2D eigenvalue weighted by Gasteiger charge is -2.14. The predicted octanol–water partition coefficient (Wildman–Crippen LogP) is 6.18. The third-order valence-corrected chi connectivity index (χ3v) is 5.20. The minimum Gasteiger partial charge on any atom is -0.476 e. The fourth-order valence-corrected chi connectivity index (χ4v) is 3.41. The highest BCUT2D eigenvalue weighted by Crippen LogP contribution is 2.33. The second kappa shape index (κ2) is 10.4. The Morgan fingerprint density at radius 2 is 1.47 bits per heavy atom. The Bertz CT molecular complexity index is 1210. The first-order chi connectivity index (χ1) is 15.6. The molecule has 0 saturated heterocycles. The maximum Gasteiger partial charge on any atom is 0.242 e. The number of pyridine rings is 1. The molecule has 0 fully saturated rings. The van der Waals surface area contributed by atoms with Gasteiger partial charge in [-0.3, -0.25) is 9.98 Å². The molecule has 2 heterocycles. The smallest absolute Gasteiger partial charge is 0.242 e. The normalized spacial score (nSPS) is 11.1. The van der Waals surface area contributed by atoms with Gasteiger partial charge >= 0.3 is 0 Å². The van der Waals surface area contributed by atoms with E-state index in [4.69, 9.17) is 37.9 Å². The van der Waals surface area contributed by atoms with Gasteiger partial charge in [-0.15, -0.1) is 0 Å². The van der Waals surface area contributed by atoms with Crippen molar-refractivity contribution in [2.75, 3.05) is 13.7 Å². The van der Waals surface area contributed by atoms with Crippen molar-refractivity contribution in [1.29, 1.82) is 0 Å². The molecule has 0 atom stereocenters.